The van der Waals surface area contributed by atoms with Crippen molar-refractivity contribution >= 4 is 65.4 Å². The molecule has 3 heterocycles. The van der Waals surface area contributed by atoms with Gasteiger partial charge in [-0.2, -0.15) is 0 Å². The lowest BCUT2D eigenvalue weighted by atomic mass is 9.82. The van der Waals surface area contributed by atoms with Crippen molar-refractivity contribution in [2.45, 2.75) is 19.3 Å². The van der Waals surface area contributed by atoms with Crippen LogP contribution >= 0.6 is 0 Å². The molecule has 0 saturated carbocycles. The van der Waals surface area contributed by atoms with Crippen LogP contribution in [0.25, 0.3) is 93.6 Å². The maximum atomic E-state index is 2.48. The number of benzene rings is 8. The largest absolute Gasteiger partial charge is 0.309 e. The standard InChI is InChI=1S/C51H35N3/c1-51(2)43-21-8-3-16-35(43)41-30-42-39-20-7-12-25-48(39)54(50(42)31-44(41)51)33-15-13-14-32(28-33)53-47-24-11-6-19-38(47)40-27-26-34(29-49(40)53)52-45-22-9-4-17-36(45)37-18-5-10-23-46(37)52/h3-31H,1-2H3. The first-order valence-corrected chi connectivity index (χ1v) is 18.9. The van der Waals surface area contributed by atoms with Gasteiger partial charge in [0, 0.05) is 54.8 Å². The first-order valence-electron chi connectivity index (χ1n) is 18.9. The van der Waals surface area contributed by atoms with Crippen LogP contribution in [0.1, 0.15) is 25.0 Å². The summed E-state index contributed by atoms with van der Waals surface area (Å²) >= 11 is 0. The second-order valence-electron chi connectivity index (χ2n) is 15.4. The van der Waals surface area contributed by atoms with E-state index in [2.05, 4.69) is 203 Å². The Kier molecular flexibility index (Phi) is 5.84. The van der Waals surface area contributed by atoms with Crippen LogP contribution in [0, 0.1) is 0 Å². The lowest BCUT2D eigenvalue weighted by Gasteiger charge is -2.21. The van der Waals surface area contributed by atoms with Crippen LogP contribution < -0.4 is 0 Å². The Bertz CT molecular complexity index is 3310. The summed E-state index contributed by atoms with van der Waals surface area (Å²) in [4.78, 5) is 0. The van der Waals surface area contributed by atoms with Crippen LogP contribution in [0.4, 0.5) is 0 Å². The summed E-state index contributed by atoms with van der Waals surface area (Å²) in [6.45, 7) is 4.74. The van der Waals surface area contributed by atoms with Crippen molar-refractivity contribution in [1.29, 1.82) is 0 Å². The van der Waals surface area contributed by atoms with Gasteiger partial charge in [-0.05, 0) is 89.0 Å². The van der Waals surface area contributed by atoms with E-state index in [1.165, 1.54) is 87.7 Å². The van der Waals surface area contributed by atoms with Crippen LogP contribution in [0.5, 0.6) is 0 Å². The quantitative estimate of drug-likeness (QED) is 0.175. The second-order valence-corrected chi connectivity index (χ2v) is 15.4. The van der Waals surface area contributed by atoms with Crippen molar-refractivity contribution in [2.75, 3.05) is 0 Å². The number of aromatic nitrogens is 3. The summed E-state index contributed by atoms with van der Waals surface area (Å²) in [5.41, 5.74) is 16.1. The Hall–Kier alpha value is -6.84. The van der Waals surface area contributed by atoms with Crippen LogP contribution in [-0.2, 0) is 5.41 Å². The van der Waals surface area contributed by atoms with E-state index in [9.17, 15) is 0 Å². The molecule has 8 aromatic carbocycles. The third-order valence-corrected chi connectivity index (χ3v) is 12.2. The number of nitrogens with zero attached hydrogens (tertiary/aromatic N) is 3. The maximum absolute atomic E-state index is 2.48. The average Bonchev–Trinajstić information content (AvgIpc) is 3.91. The predicted molar refractivity (Wildman–Crippen MR) is 227 cm³/mol. The zero-order valence-corrected chi connectivity index (χ0v) is 30.1. The Morgan fingerprint density at radius 3 is 1.33 bits per heavy atom. The number of hydrogen-bond donors (Lipinski definition) is 0. The minimum Gasteiger partial charge on any atom is -0.309 e. The molecular formula is C51H35N3. The van der Waals surface area contributed by atoms with Crippen LogP contribution in [0.2, 0.25) is 0 Å². The third kappa shape index (κ3) is 3.85. The number of rotatable bonds is 3. The molecule has 0 atom stereocenters. The van der Waals surface area contributed by atoms with Crippen LogP contribution in [0.3, 0.4) is 0 Å². The monoisotopic (exact) mass is 689 g/mol. The van der Waals surface area contributed by atoms with E-state index in [1.54, 1.807) is 0 Å². The molecule has 3 aromatic heterocycles. The number of para-hydroxylation sites is 4. The van der Waals surface area contributed by atoms with E-state index < -0.39 is 0 Å². The molecule has 0 amide bonds. The van der Waals surface area contributed by atoms with E-state index in [0.29, 0.717) is 0 Å². The third-order valence-electron chi connectivity index (χ3n) is 12.2. The summed E-state index contributed by atoms with van der Waals surface area (Å²) in [6.07, 6.45) is 0. The Balaban J connectivity index is 1.11. The molecule has 3 heteroatoms. The van der Waals surface area contributed by atoms with Gasteiger partial charge in [0.15, 0.2) is 0 Å². The van der Waals surface area contributed by atoms with E-state index in [0.717, 1.165) is 17.1 Å². The van der Waals surface area contributed by atoms with Crippen molar-refractivity contribution in [3.8, 4) is 28.2 Å². The Morgan fingerprint density at radius 2 is 0.741 bits per heavy atom. The van der Waals surface area contributed by atoms with E-state index in [4.69, 9.17) is 0 Å². The molecule has 3 nitrogen and oxygen atoms in total. The van der Waals surface area contributed by atoms with Crippen molar-refractivity contribution in [3.05, 3.63) is 187 Å². The number of fused-ring (bicyclic) bond motifs is 12. The molecule has 0 N–H and O–H groups in total. The molecule has 11 aromatic rings. The minimum absolute atomic E-state index is 0.0830. The van der Waals surface area contributed by atoms with Crippen molar-refractivity contribution in [3.63, 3.8) is 0 Å². The summed E-state index contributed by atoms with van der Waals surface area (Å²) < 4.78 is 7.35. The zero-order valence-electron chi connectivity index (χ0n) is 30.1. The molecule has 0 saturated heterocycles. The van der Waals surface area contributed by atoms with Gasteiger partial charge in [0.1, 0.15) is 0 Å². The molecule has 0 spiro atoms. The molecule has 0 unspecified atom stereocenters. The second kappa shape index (κ2) is 10.6. The lowest BCUT2D eigenvalue weighted by molar-refractivity contribution is 0.661. The van der Waals surface area contributed by atoms with Gasteiger partial charge in [0.2, 0.25) is 0 Å². The van der Waals surface area contributed by atoms with E-state index >= 15 is 0 Å². The van der Waals surface area contributed by atoms with Gasteiger partial charge in [0.25, 0.3) is 0 Å². The predicted octanol–water partition coefficient (Wildman–Crippen LogP) is 13.3. The summed E-state index contributed by atoms with van der Waals surface area (Å²) in [5.74, 6) is 0. The van der Waals surface area contributed by atoms with E-state index in [1.807, 2.05) is 0 Å². The fourth-order valence-electron chi connectivity index (χ4n) is 9.79. The molecule has 54 heavy (non-hydrogen) atoms. The topological polar surface area (TPSA) is 14.8 Å². The highest BCUT2D eigenvalue weighted by atomic mass is 15.0. The maximum Gasteiger partial charge on any atom is 0.0561 e. The van der Waals surface area contributed by atoms with Gasteiger partial charge < -0.3 is 13.7 Å². The molecule has 12 rings (SSSR count). The minimum atomic E-state index is -0.0830. The molecule has 0 radical (unpaired) electrons. The smallest absolute Gasteiger partial charge is 0.0561 e. The molecular weight excluding hydrogens is 655 g/mol. The summed E-state index contributed by atoms with van der Waals surface area (Å²) in [5, 5.41) is 7.59. The molecule has 0 aliphatic heterocycles. The molecule has 0 bridgehead atoms. The van der Waals surface area contributed by atoms with Gasteiger partial charge in [-0.3, -0.25) is 0 Å². The summed E-state index contributed by atoms with van der Waals surface area (Å²) in [7, 11) is 0. The molecule has 254 valence electrons. The fraction of sp³-hybridized carbons (Fsp3) is 0.0588. The van der Waals surface area contributed by atoms with Crippen LogP contribution in [0.15, 0.2) is 176 Å². The van der Waals surface area contributed by atoms with Crippen molar-refractivity contribution in [2.24, 2.45) is 0 Å². The molecule has 0 fully saturated rings. The lowest BCUT2D eigenvalue weighted by Crippen LogP contribution is -2.15. The van der Waals surface area contributed by atoms with Gasteiger partial charge in [0.05, 0.1) is 33.1 Å². The van der Waals surface area contributed by atoms with Crippen molar-refractivity contribution in [1.82, 2.24) is 13.7 Å². The van der Waals surface area contributed by atoms with E-state index in [-0.39, 0.29) is 5.41 Å². The molecule has 1 aliphatic carbocycles. The van der Waals surface area contributed by atoms with Crippen LogP contribution in [-0.4, -0.2) is 13.7 Å². The normalized spacial score (nSPS) is 13.5. The van der Waals surface area contributed by atoms with Gasteiger partial charge >= 0.3 is 0 Å². The highest BCUT2D eigenvalue weighted by molar-refractivity contribution is 6.13. The van der Waals surface area contributed by atoms with Gasteiger partial charge in [-0.25, -0.2) is 0 Å². The fourth-order valence-corrected chi connectivity index (χ4v) is 9.79. The van der Waals surface area contributed by atoms with Gasteiger partial charge in [-0.1, -0.05) is 123 Å². The average molecular weight is 690 g/mol. The Labute approximate surface area is 312 Å². The highest BCUT2D eigenvalue weighted by Crippen LogP contribution is 2.51. The van der Waals surface area contributed by atoms with Gasteiger partial charge in [-0.15, -0.1) is 0 Å². The highest BCUT2D eigenvalue weighted by Gasteiger charge is 2.36. The number of hydrogen-bond acceptors (Lipinski definition) is 0. The van der Waals surface area contributed by atoms with Crippen molar-refractivity contribution < 1.29 is 0 Å². The first kappa shape index (κ1) is 29.7. The molecule has 1 aliphatic rings. The first-order chi connectivity index (χ1) is 26.6. The Morgan fingerprint density at radius 1 is 0.296 bits per heavy atom. The summed E-state index contributed by atoms with van der Waals surface area (Å²) in [6, 6.07) is 65.1. The SMILES string of the molecule is CC1(C)c2ccccc2-c2cc3c4ccccc4n(-c4cccc(-n5c6ccccc6c6ccc(-n7c8ccccc8c8ccccc87)cc65)c4)c3cc21. The zero-order chi connectivity index (χ0) is 35.7.